The first-order chi connectivity index (χ1) is 19.2. The van der Waals surface area contributed by atoms with Gasteiger partial charge in [0.1, 0.15) is 30.3 Å². The van der Waals surface area contributed by atoms with E-state index in [4.69, 9.17) is 9.47 Å². The average molecular weight is 522 g/mol. The summed E-state index contributed by atoms with van der Waals surface area (Å²) in [5, 5.41) is 4.14. The van der Waals surface area contributed by atoms with E-state index >= 15 is 0 Å². The van der Waals surface area contributed by atoms with Gasteiger partial charge in [-0.05, 0) is 74.5 Å². The Kier molecular flexibility index (Phi) is 7.36. The molecule has 198 valence electrons. The van der Waals surface area contributed by atoms with E-state index in [1.54, 1.807) is 11.0 Å². The number of nitrogens with one attached hydrogen (secondary N) is 1. The van der Waals surface area contributed by atoms with Gasteiger partial charge in [-0.25, -0.2) is 9.97 Å². The predicted octanol–water partition coefficient (Wildman–Crippen LogP) is 5.93. The van der Waals surface area contributed by atoms with Crippen molar-refractivity contribution < 1.29 is 14.3 Å². The number of benzene rings is 3. The van der Waals surface area contributed by atoms with Crippen LogP contribution in [0, 0.1) is 0 Å². The van der Waals surface area contributed by atoms with Crippen LogP contribution in [0.15, 0.2) is 85.2 Å². The zero-order chi connectivity index (χ0) is 26.4. The van der Waals surface area contributed by atoms with Crippen LogP contribution >= 0.6 is 0 Å². The van der Waals surface area contributed by atoms with Crippen molar-refractivity contribution in [1.29, 1.82) is 0 Å². The minimum Gasteiger partial charge on any atom is -0.489 e. The van der Waals surface area contributed by atoms with Gasteiger partial charge in [-0.1, -0.05) is 30.7 Å². The molecule has 1 saturated heterocycles. The lowest BCUT2D eigenvalue weighted by molar-refractivity contribution is -0.114. The topological polar surface area (TPSA) is 79.8 Å². The van der Waals surface area contributed by atoms with Crippen LogP contribution in [0.2, 0.25) is 0 Å². The van der Waals surface area contributed by atoms with Crippen LogP contribution in [0.1, 0.15) is 19.3 Å². The number of hydrogen-bond acceptors (Lipinski definition) is 7. The highest BCUT2D eigenvalue weighted by Gasteiger charge is 2.26. The molecule has 2 aliphatic heterocycles. The molecule has 1 aromatic heterocycles. The lowest BCUT2D eigenvalue weighted by atomic mass is 10.1. The highest BCUT2D eigenvalue weighted by Crippen LogP contribution is 2.41. The summed E-state index contributed by atoms with van der Waals surface area (Å²) in [5.41, 5.74) is 2.31. The third-order valence-electron chi connectivity index (χ3n) is 7.02. The summed E-state index contributed by atoms with van der Waals surface area (Å²) in [6.45, 7) is 3.90. The van der Waals surface area contributed by atoms with Gasteiger partial charge in [0.05, 0.1) is 23.1 Å². The Morgan fingerprint density at radius 3 is 2.54 bits per heavy atom. The van der Waals surface area contributed by atoms with E-state index in [-0.39, 0.29) is 5.91 Å². The van der Waals surface area contributed by atoms with E-state index in [1.807, 2.05) is 72.8 Å². The van der Waals surface area contributed by atoms with Gasteiger partial charge in [0.15, 0.2) is 5.75 Å². The minimum atomic E-state index is -0.0451. The van der Waals surface area contributed by atoms with Gasteiger partial charge in [0, 0.05) is 18.3 Å². The molecule has 3 heterocycles. The molecule has 8 heteroatoms. The summed E-state index contributed by atoms with van der Waals surface area (Å²) < 4.78 is 12.0. The molecular weight excluding hydrogens is 490 g/mol. The second-order valence-corrected chi connectivity index (χ2v) is 9.70. The summed E-state index contributed by atoms with van der Waals surface area (Å²) in [5.74, 6) is 2.70. The number of carbonyl (C=O) groups excluding carboxylic acids is 1. The highest BCUT2D eigenvalue weighted by atomic mass is 16.5. The molecule has 1 fully saturated rings. The molecule has 4 aromatic rings. The second-order valence-electron chi connectivity index (χ2n) is 9.70. The molecule has 1 amide bonds. The van der Waals surface area contributed by atoms with Crippen molar-refractivity contribution in [1.82, 2.24) is 14.9 Å². The fourth-order valence-electron chi connectivity index (χ4n) is 5.06. The molecule has 2 aliphatic rings. The number of amides is 1. The average Bonchev–Trinajstić information content (AvgIpc) is 2.99. The van der Waals surface area contributed by atoms with Gasteiger partial charge in [-0.3, -0.25) is 9.69 Å². The Balaban J connectivity index is 1.22. The maximum Gasteiger partial charge on any atom is 0.250 e. The normalized spacial score (nSPS) is 15.6. The van der Waals surface area contributed by atoms with Crippen LogP contribution in [0.25, 0.3) is 10.9 Å². The van der Waals surface area contributed by atoms with Crippen molar-refractivity contribution in [3.05, 3.63) is 85.2 Å². The number of hydrogen-bond donors (Lipinski definition) is 1. The third-order valence-corrected chi connectivity index (χ3v) is 7.02. The van der Waals surface area contributed by atoms with Gasteiger partial charge in [0.25, 0.3) is 5.91 Å². The first-order valence-corrected chi connectivity index (χ1v) is 13.5. The molecule has 0 aliphatic carbocycles. The Bertz CT molecular complexity index is 1470. The van der Waals surface area contributed by atoms with E-state index in [1.165, 1.54) is 25.6 Å². The molecular formula is C31H31N5O3. The van der Waals surface area contributed by atoms with Crippen LogP contribution in [-0.2, 0) is 4.79 Å². The van der Waals surface area contributed by atoms with Crippen molar-refractivity contribution in [3.63, 3.8) is 0 Å². The van der Waals surface area contributed by atoms with Crippen LogP contribution in [0.5, 0.6) is 17.2 Å². The number of piperidine rings is 1. The summed E-state index contributed by atoms with van der Waals surface area (Å²) in [7, 11) is 0. The molecule has 6 rings (SSSR count). The molecule has 1 N–H and O–H groups in total. The number of para-hydroxylation sites is 1. The molecule has 0 unspecified atom stereocenters. The van der Waals surface area contributed by atoms with Crippen molar-refractivity contribution in [3.8, 4) is 17.2 Å². The Morgan fingerprint density at radius 2 is 1.72 bits per heavy atom. The number of ether oxygens (including phenoxy) is 2. The van der Waals surface area contributed by atoms with Crippen molar-refractivity contribution in [2.75, 3.05) is 43.0 Å². The lowest BCUT2D eigenvalue weighted by Crippen LogP contribution is -2.37. The first-order valence-electron chi connectivity index (χ1n) is 13.5. The van der Waals surface area contributed by atoms with Crippen LogP contribution in [0.4, 0.5) is 17.2 Å². The molecule has 8 nitrogen and oxygen atoms in total. The van der Waals surface area contributed by atoms with E-state index in [0.29, 0.717) is 24.7 Å². The zero-order valence-electron chi connectivity index (χ0n) is 21.8. The van der Waals surface area contributed by atoms with Crippen molar-refractivity contribution in [2.24, 2.45) is 0 Å². The van der Waals surface area contributed by atoms with Crippen molar-refractivity contribution >= 4 is 34.0 Å². The Morgan fingerprint density at radius 1 is 0.923 bits per heavy atom. The number of anilines is 3. The molecule has 39 heavy (non-hydrogen) atoms. The van der Waals surface area contributed by atoms with Gasteiger partial charge < -0.3 is 19.7 Å². The van der Waals surface area contributed by atoms with E-state index < -0.39 is 0 Å². The van der Waals surface area contributed by atoms with Gasteiger partial charge >= 0.3 is 0 Å². The number of rotatable bonds is 7. The number of nitrogens with zero attached hydrogens (tertiary/aromatic N) is 4. The third kappa shape index (κ3) is 5.71. The molecule has 0 radical (unpaired) electrons. The lowest BCUT2D eigenvalue weighted by Gasteiger charge is -2.30. The molecule has 0 spiro atoms. The largest absolute Gasteiger partial charge is 0.489 e. The Labute approximate surface area is 227 Å². The maximum atomic E-state index is 13.2. The minimum absolute atomic E-state index is 0.0451. The second kappa shape index (κ2) is 11.5. The number of fused-ring (bicyclic) bond motifs is 3. The monoisotopic (exact) mass is 521 g/mol. The first kappa shape index (κ1) is 24.9. The van der Waals surface area contributed by atoms with Crippen LogP contribution in [-0.4, -0.2) is 53.6 Å². The zero-order valence-corrected chi connectivity index (χ0v) is 21.8. The SMILES string of the molecule is O=C(/C=C/CN1CCCCC1)N1CCOc2c1ccc1ncnc(Nc3ccc(Oc4ccccc4)cc3)c21. The fraction of sp³-hybridized carbons (Fsp3) is 0.258. The quantitative estimate of drug-likeness (QED) is 0.302. The van der Waals surface area contributed by atoms with Crippen LogP contribution in [0.3, 0.4) is 0 Å². The summed E-state index contributed by atoms with van der Waals surface area (Å²) in [4.78, 5) is 26.3. The van der Waals surface area contributed by atoms with Gasteiger partial charge in [-0.2, -0.15) is 0 Å². The molecule has 0 bridgehead atoms. The highest BCUT2D eigenvalue weighted by molar-refractivity contribution is 6.07. The molecule has 3 aromatic carbocycles. The van der Waals surface area contributed by atoms with E-state index in [2.05, 4.69) is 20.2 Å². The summed E-state index contributed by atoms with van der Waals surface area (Å²) >= 11 is 0. The number of likely N-dealkylation sites (tertiary alicyclic amines) is 1. The standard InChI is InChI=1S/C31H31N5O3/c37-28(10-7-19-35-17-5-2-6-18-35)36-20-21-38-30-27(36)16-15-26-29(30)31(33-22-32-26)34-23-11-13-25(14-12-23)39-24-8-3-1-4-9-24/h1,3-4,7-16,22H,2,5-6,17-21H2,(H,32,33,34)/b10-7+. The number of aromatic nitrogens is 2. The van der Waals surface area contributed by atoms with Crippen molar-refractivity contribution in [2.45, 2.75) is 19.3 Å². The number of carbonyl (C=O) groups is 1. The molecule has 0 saturated carbocycles. The summed E-state index contributed by atoms with van der Waals surface area (Å²) in [6.07, 6.45) is 8.95. The van der Waals surface area contributed by atoms with E-state index in [0.717, 1.165) is 53.4 Å². The summed E-state index contributed by atoms with van der Waals surface area (Å²) in [6, 6.07) is 21.2. The Hall–Kier alpha value is -4.43. The molecule has 0 atom stereocenters. The predicted molar refractivity (Wildman–Crippen MR) is 153 cm³/mol. The van der Waals surface area contributed by atoms with Crippen LogP contribution < -0.4 is 19.7 Å². The smallest absolute Gasteiger partial charge is 0.250 e. The van der Waals surface area contributed by atoms with Gasteiger partial charge in [-0.15, -0.1) is 0 Å². The fourth-order valence-corrected chi connectivity index (χ4v) is 5.06. The van der Waals surface area contributed by atoms with Gasteiger partial charge in [0.2, 0.25) is 0 Å². The maximum absolute atomic E-state index is 13.2. The van der Waals surface area contributed by atoms with E-state index in [9.17, 15) is 4.79 Å².